The third-order valence-corrected chi connectivity index (χ3v) is 7.68. The zero-order valence-electron chi connectivity index (χ0n) is 18.2. The highest BCUT2D eigenvalue weighted by Gasteiger charge is 2.46. The standard InChI is InChI=1S/C24H33N3O3/c1-3-30-24(29)26-19-6-7-20(26)15-21(14-19)25-10-8-18(9-11-25)27-22-12-16(2)4-5-17(22)13-23(27)28/h4-5,12,18-21H,3,6-11,13-15H2,1-2H3/t19-,20-/m1/s1. The summed E-state index contributed by atoms with van der Waals surface area (Å²) in [4.78, 5) is 31.8. The normalized spacial score (nSPS) is 29.4. The Bertz CT molecular complexity index is 819. The number of fused-ring (bicyclic) bond motifs is 3. The van der Waals surface area contributed by atoms with E-state index in [0.29, 0.717) is 37.2 Å². The molecule has 2 amide bonds. The fraction of sp³-hybridized carbons (Fsp3) is 0.667. The molecule has 0 radical (unpaired) electrons. The molecule has 0 saturated carbocycles. The second-order valence-corrected chi connectivity index (χ2v) is 9.46. The Morgan fingerprint density at radius 2 is 1.73 bits per heavy atom. The average molecular weight is 412 g/mol. The molecule has 1 aromatic rings. The molecule has 0 N–H and O–H groups in total. The van der Waals surface area contributed by atoms with Gasteiger partial charge in [-0.05, 0) is 69.6 Å². The number of ether oxygens (including phenoxy) is 1. The predicted octanol–water partition coefficient (Wildman–Crippen LogP) is 3.50. The molecule has 4 heterocycles. The number of aryl methyl sites for hydroxylation is 1. The lowest BCUT2D eigenvalue weighted by atomic mass is 9.93. The van der Waals surface area contributed by atoms with Gasteiger partial charge in [0, 0.05) is 42.9 Å². The summed E-state index contributed by atoms with van der Waals surface area (Å²) >= 11 is 0. The minimum absolute atomic E-state index is 0.122. The van der Waals surface area contributed by atoms with Crippen LogP contribution in [0.1, 0.15) is 56.6 Å². The number of rotatable bonds is 3. The highest BCUT2D eigenvalue weighted by molar-refractivity contribution is 6.02. The van der Waals surface area contributed by atoms with Gasteiger partial charge in [0.15, 0.2) is 0 Å². The van der Waals surface area contributed by atoms with E-state index in [9.17, 15) is 9.59 Å². The molecule has 2 atom stereocenters. The largest absolute Gasteiger partial charge is 0.450 e. The van der Waals surface area contributed by atoms with Crippen LogP contribution >= 0.6 is 0 Å². The number of amides is 2. The van der Waals surface area contributed by atoms with Gasteiger partial charge in [-0.3, -0.25) is 4.79 Å². The van der Waals surface area contributed by atoms with Gasteiger partial charge in [-0.1, -0.05) is 12.1 Å². The molecule has 6 heteroatoms. The van der Waals surface area contributed by atoms with E-state index in [2.05, 4.69) is 34.9 Å². The van der Waals surface area contributed by atoms with Crippen LogP contribution in [0.15, 0.2) is 18.2 Å². The quantitative estimate of drug-likeness (QED) is 0.764. The summed E-state index contributed by atoms with van der Waals surface area (Å²) in [6.07, 6.45) is 6.83. The Kier molecular flexibility index (Phi) is 5.21. The number of benzene rings is 1. The molecular weight excluding hydrogens is 378 g/mol. The van der Waals surface area contributed by atoms with Crippen molar-refractivity contribution in [3.05, 3.63) is 29.3 Å². The SMILES string of the molecule is CCOC(=O)N1[C@@H]2CC[C@@H]1CC(N1CCC(N3C(=O)Cc4ccc(C)cc43)CC1)C2. The summed E-state index contributed by atoms with van der Waals surface area (Å²) in [5.41, 5.74) is 3.53. The van der Waals surface area contributed by atoms with E-state index >= 15 is 0 Å². The Hall–Kier alpha value is -2.08. The summed E-state index contributed by atoms with van der Waals surface area (Å²) < 4.78 is 5.30. The van der Waals surface area contributed by atoms with E-state index in [1.54, 1.807) is 0 Å². The van der Waals surface area contributed by atoms with Crippen LogP contribution in [0.4, 0.5) is 10.5 Å². The molecule has 5 rings (SSSR count). The van der Waals surface area contributed by atoms with Crippen LogP contribution in [0.5, 0.6) is 0 Å². The second-order valence-electron chi connectivity index (χ2n) is 9.46. The van der Waals surface area contributed by atoms with Crippen molar-refractivity contribution >= 4 is 17.7 Å². The summed E-state index contributed by atoms with van der Waals surface area (Å²) in [6.45, 7) is 6.50. The first kappa shape index (κ1) is 19.9. The van der Waals surface area contributed by atoms with Crippen LogP contribution in [0, 0.1) is 6.92 Å². The van der Waals surface area contributed by atoms with Gasteiger partial charge in [-0.15, -0.1) is 0 Å². The molecule has 1 aromatic carbocycles. The van der Waals surface area contributed by atoms with Gasteiger partial charge < -0.3 is 19.4 Å². The molecule has 162 valence electrons. The smallest absolute Gasteiger partial charge is 0.410 e. The van der Waals surface area contributed by atoms with Crippen molar-refractivity contribution < 1.29 is 14.3 Å². The fourth-order valence-electron chi connectivity index (χ4n) is 6.28. The first-order valence-corrected chi connectivity index (χ1v) is 11.7. The molecule has 0 aromatic heterocycles. The molecule has 4 aliphatic heterocycles. The zero-order chi connectivity index (χ0) is 20.8. The predicted molar refractivity (Wildman–Crippen MR) is 116 cm³/mol. The molecule has 4 aliphatic rings. The van der Waals surface area contributed by atoms with Gasteiger partial charge in [0.05, 0.1) is 13.0 Å². The van der Waals surface area contributed by atoms with E-state index in [4.69, 9.17) is 4.74 Å². The monoisotopic (exact) mass is 411 g/mol. The van der Waals surface area contributed by atoms with Gasteiger partial charge >= 0.3 is 6.09 Å². The highest BCUT2D eigenvalue weighted by atomic mass is 16.6. The molecule has 3 saturated heterocycles. The number of nitrogens with zero attached hydrogens (tertiary/aromatic N) is 3. The third-order valence-electron chi connectivity index (χ3n) is 7.68. The van der Waals surface area contributed by atoms with Gasteiger partial charge in [0.2, 0.25) is 5.91 Å². The highest BCUT2D eigenvalue weighted by Crippen LogP contribution is 2.40. The van der Waals surface area contributed by atoms with E-state index in [0.717, 1.165) is 57.3 Å². The lowest BCUT2D eigenvalue weighted by molar-refractivity contribution is -0.118. The number of carbonyl (C=O) groups excluding carboxylic acids is 2. The van der Waals surface area contributed by atoms with Crippen LogP contribution in [0.25, 0.3) is 0 Å². The molecule has 0 unspecified atom stereocenters. The first-order valence-electron chi connectivity index (χ1n) is 11.7. The molecule has 0 aliphatic carbocycles. The lowest BCUT2D eigenvalue weighted by Crippen LogP contribution is -2.55. The Morgan fingerprint density at radius 1 is 1.03 bits per heavy atom. The van der Waals surface area contributed by atoms with Crippen LogP contribution < -0.4 is 4.90 Å². The van der Waals surface area contributed by atoms with Crippen molar-refractivity contribution in [1.82, 2.24) is 9.80 Å². The van der Waals surface area contributed by atoms with Crippen molar-refractivity contribution in [2.45, 2.75) is 83.0 Å². The van der Waals surface area contributed by atoms with Gasteiger partial charge in [0.25, 0.3) is 0 Å². The Morgan fingerprint density at radius 3 is 2.40 bits per heavy atom. The van der Waals surface area contributed by atoms with Crippen molar-refractivity contribution in [1.29, 1.82) is 0 Å². The zero-order valence-corrected chi connectivity index (χ0v) is 18.2. The minimum atomic E-state index is -0.122. The maximum absolute atomic E-state index is 12.7. The van der Waals surface area contributed by atoms with Crippen LogP contribution in [-0.4, -0.2) is 65.7 Å². The van der Waals surface area contributed by atoms with E-state index in [1.165, 1.54) is 11.1 Å². The molecule has 6 nitrogen and oxygen atoms in total. The number of anilines is 1. The third kappa shape index (κ3) is 3.39. The average Bonchev–Trinajstić information content (AvgIpc) is 3.20. The fourth-order valence-corrected chi connectivity index (χ4v) is 6.28. The minimum Gasteiger partial charge on any atom is -0.450 e. The van der Waals surface area contributed by atoms with Crippen molar-refractivity contribution in [2.75, 3.05) is 24.6 Å². The first-order chi connectivity index (χ1) is 14.5. The molecule has 2 bridgehead atoms. The van der Waals surface area contributed by atoms with Crippen LogP contribution in [-0.2, 0) is 16.0 Å². The topological polar surface area (TPSA) is 53.1 Å². The number of hydrogen-bond acceptors (Lipinski definition) is 4. The van der Waals surface area contributed by atoms with Gasteiger partial charge in [0.1, 0.15) is 0 Å². The maximum atomic E-state index is 12.7. The molecule has 0 spiro atoms. The van der Waals surface area contributed by atoms with Crippen molar-refractivity contribution in [3.8, 4) is 0 Å². The molecular formula is C24H33N3O3. The van der Waals surface area contributed by atoms with E-state index in [1.807, 2.05) is 11.8 Å². The number of carbonyl (C=O) groups is 2. The van der Waals surface area contributed by atoms with E-state index < -0.39 is 0 Å². The summed E-state index contributed by atoms with van der Waals surface area (Å²) in [6, 6.07) is 7.93. The van der Waals surface area contributed by atoms with E-state index in [-0.39, 0.29) is 12.0 Å². The van der Waals surface area contributed by atoms with Crippen LogP contribution in [0.3, 0.4) is 0 Å². The molecule has 30 heavy (non-hydrogen) atoms. The lowest BCUT2D eigenvalue weighted by Gasteiger charge is -2.45. The number of hydrogen-bond donors (Lipinski definition) is 0. The van der Waals surface area contributed by atoms with Crippen LogP contribution in [0.2, 0.25) is 0 Å². The maximum Gasteiger partial charge on any atom is 0.410 e. The summed E-state index contributed by atoms with van der Waals surface area (Å²) in [5, 5.41) is 0. The Labute approximate surface area is 179 Å². The second kappa shape index (κ2) is 7.88. The van der Waals surface area contributed by atoms with Gasteiger partial charge in [-0.2, -0.15) is 0 Å². The number of likely N-dealkylation sites (tertiary alicyclic amines) is 1. The van der Waals surface area contributed by atoms with Gasteiger partial charge in [-0.25, -0.2) is 4.79 Å². The molecule has 3 fully saturated rings. The summed E-state index contributed by atoms with van der Waals surface area (Å²) in [5.74, 6) is 0.259. The summed E-state index contributed by atoms with van der Waals surface area (Å²) in [7, 11) is 0. The van der Waals surface area contributed by atoms with Crippen molar-refractivity contribution in [3.63, 3.8) is 0 Å². The Balaban J connectivity index is 1.21. The number of piperidine rings is 2. The van der Waals surface area contributed by atoms with Crippen molar-refractivity contribution in [2.24, 2.45) is 0 Å².